The maximum atomic E-state index is 11.2. The van der Waals surface area contributed by atoms with Crippen LogP contribution in [0.15, 0.2) is 30.3 Å². The number of carbonyl (C=O) groups is 2. The number of carbonyl (C=O) groups excluding carboxylic acids is 2. The van der Waals surface area contributed by atoms with Crippen molar-refractivity contribution in [2.75, 3.05) is 6.61 Å². The number of imide groups is 1. The van der Waals surface area contributed by atoms with Gasteiger partial charge in [-0.3, -0.25) is 4.79 Å². The van der Waals surface area contributed by atoms with Gasteiger partial charge in [0.25, 0.3) is 0 Å². The first-order valence-electron chi connectivity index (χ1n) is 4.88. The summed E-state index contributed by atoms with van der Waals surface area (Å²) in [4.78, 5) is 23.2. The van der Waals surface area contributed by atoms with Crippen LogP contribution in [-0.4, -0.2) is 29.0 Å². The summed E-state index contributed by atoms with van der Waals surface area (Å²) in [6.07, 6.45) is -0.105. The van der Waals surface area contributed by atoms with E-state index in [0.717, 1.165) is 10.5 Å². The van der Waals surface area contributed by atoms with Crippen molar-refractivity contribution in [3.63, 3.8) is 0 Å². The van der Waals surface area contributed by atoms with Crippen molar-refractivity contribution in [2.45, 2.75) is 12.5 Å². The summed E-state index contributed by atoms with van der Waals surface area (Å²) in [6, 6.07) is 9.27. The number of rotatable bonds is 2. The van der Waals surface area contributed by atoms with Crippen LogP contribution in [-0.2, 0) is 11.2 Å². The summed E-state index contributed by atoms with van der Waals surface area (Å²) in [6.45, 7) is 0.201. The first-order chi connectivity index (χ1) is 7.68. The van der Waals surface area contributed by atoms with Crippen LogP contribution >= 0.6 is 11.6 Å². The molecule has 0 spiro atoms. The zero-order valence-corrected chi connectivity index (χ0v) is 9.18. The van der Waals surface area contributed by atoms with E-state index in [9.17, 15) is 9.59 Å². The van der Waals surface area contributed by atoms with Crippen molar-refractivity contribution in [3.8, 4) is 0 Å². The summed E-state index contributed by atoms with van der Waals surface area (Å²) < 4.78 is 4.79. The zero-order chi connectivity index (χ0) is 11.5. The third-order valence-corrected chi connectivity index (χ3v) is 2.65. The van der Waals surface area contributed by atoms with Gasteiger partial charge in [0.05, 0.1) is 6.04 Å². The highest BCUT2D eigenvalue weighted by atomic mass is 35.5. The predicted octanol–water partition coefficient (Wildman–Crippen LogP) is 2.41. The van der Waals surface area contributed by atoms with Gasteiger partial charge in [-0.1, -0.05) is 30.3 Å². The Labute approximate surface area is 97.7 Å². The molecule has 1 heterocycles. The number of nitrogens with zero attached hydrogens (tertiary/aromatic N) is 1. The highest BCUT2D eigenvalue weighted by Gasteiger charge is 2.36. The van der Waals surface area contributed by atoms with E-state index < -0.39 is 11.5 Å². The first-order valence-corrected chi connectivity index (χ1v) is 5.25. The van der Waals surface area contributed by atoms with Crippen molar-refractivity contribution >= 4 is 23.1 Å². The fraction of sp³-hybridized carbons (Fsp3) is 0.273. The Morgan fingerprint density at radius 3 is 2.75 bits per heavy atom. The lowest BCUT2D eigenvalue weighted by atomic mass is 10.1. The van der Waals surface area contributed by atoms with Gasteiger partial charge < -0.3 is 4.74 Å². The number of hydrogen-bond acceptors (Lipinski definition) is 3. The highest BCUT2D eigenvalue weighted by Crippen LogP contribution is 2.18. The minimum Gasteiger partial charge on any atom is -0.447 e. The van der Waals surface area contributed by atoms with Gasteiger partial charge in [0, 0.05) is 0 Å². The molecule has 5 heteroatoms. The molecule has 4 nitrogen and oxygen atoms in total. The summed E-state index contributed by atoms with van der Waals surface area (Å²) in [5.74, 6) is 0. The van der Waals surface area contributed by atoms with Crippen molar-refractivity contribution in [1.29, 1.82) is 0 Å². The molecule has 0 N–H and O–H groups in total. The van der Waals surface area contributed by atoms with Gasteiger partial charge in [-0.15, -0.1) is 0 Å². The molecule has 84 valence electrons. The molecule has 1 aromatic rings. The molecule has 1 atom stereocenters. The Morgan fingerprint density at radius 2 is 2.12 bits per heavy atom. The Bertz CT molecular complexity index is 407. The molecule has 1 aliphatic heterocycles. The van der Waals surface area contributed by atoms with E-state index in [1.165, 1.54) is 0 Å². The van der Waals surface area contributed by atoms with Crippen molar-refractivity contribution in [2.24, 2.45) is 0 Å². The average molecular weight is 240 g/mol. The summed E-state index contributed by atoms with van der Waals surface area (Å²) >= 11 is 5.33. The maximum Gasteiger partial charge on any atom is 0.417 e. The zero-order valence-electron chi connectivity index (χ0n) is 8.43. The highest BCUT2D eigenvalue weighted by molar-refractivity contribution is 6.64. The number of halogens is 1. The SMILES string of the molecule is O=C(Cl)N1C(=O)OC[C@@H]1Cc1ccccc1. The summed E-state index contributed by atoms with van der Waals surface area (Å²) in [7, 11) is 0. The fourth-order valence-corrected chi connectivity index (χ4v) is 1.92. The normalized spacial score (nSPS) is 19.7. The van der Waals surface area contributed by atoms with Gasteiger partial charge in [0.2, 0.25) is 0 Å². The van der Waals surface area contributed by atoms with Crippen LogP contribution in [0.25, 0.3) is 0 Å². The molecule has 2 amide bonds. The van der Waals surface area contributed by atoms with Crippen LogP contribution in [0.5, 0.6) is 0 Å². The molecule has 1 aromatic carbocycles. The van der Waals surface area contributed by atoms with Crippen LogP contribution in [0, 0.1) is 0 Å². The van der Waals surface area contributed by atoms with Crippen LogP contribution in [0.4, 0.5) is 9.59 Å². The van der Waals surface area contributed by atoms with E-state index >= 15 is 0 Å². The lowest BCUT2D eigenvalue weighted by Crippen LogP contribution is -2.36. The molecule has 0 aliphatic carbocycles. The largest absolute Gasteiger partial charge is 0.447 e. The van der Waals surface area contributed by atoms with Gasteiger partial charge in [-0.25, -0.2) is 9.69 Å². The topological polar surface area (TPSA) is 46.6 Å². The third-order valence-electron chi connectivity index (χ3n) is 2.46. The van der Waals surface area contributed by atoms with Crippen molar-refractivity contribution in [3.05, 3.63) is 35.9 Å². The lowest BCUT2D eigenvalue weighted by molar-refractivity contribution is 0.163. The molecular weight excluding hydrogens is 230 g/mol. The fourth-order valence-electron chi connectivity index (χ4n) is 1.71. The first kappa shape index (κ1) is 11.0. The number of ether oxygens (including phenoxy) is 1. The smallest absolute Gasteiger partial charge is 0.417 e. The van der Waals surface area contributed by atoms with E-state index in [2.05, 4.69) is 0 Å². The molecule has 0 saturated carbocycles. The monoisotopic (exact) mass is 239 g/mol. The third kappa shape index (κ3) is 2.17. The van der Waals surface area contributed by atoms with Gasteiger partial charge in [0.15, 0.2) is 0 Å². The van der Waals surface area contributed by atoms with E-state index in [0.29, 0.717) is 6.42 Å². The lowest BCUT2D eigenvalue weighted by Gasteiger charge is -2.16. The van der Waals surface area contributed by atoms with Crippen molar-refractivity contribution in [1.82, 2.24) is 4.90 Å². The van der Waals surface area contributed by atoms with E-state index in [4.69, 9.17) is 16.3 Å². The van der Waals surface area contributed by atoms with E-state index in [1.807, 2.05) is 30.3 Å². The molecule has 1 fully saturated rings. The summed E-state index contributed by atoms with van der Waals surface area (Å²) in [5.41, 5.74) is 1.04. The van der Waals surface area contributed by atoms with Gasteiger partial charge >= 0.3 is 11.5 Å². The average Bonchev–Trinajstić information content (AvgIpc) is 2.61. The number of amides is 2. The van der Waals surface area contributed by atoms with Crippen LogP contribution in [0.2, 0.25) is 0 Å². The second kappa shape index (κ2) is 4.53. The molecule has 0 unspecified atom stereocenters. The second-order valence-corrected chi connectivity index (χ2v) is 3.87. The molecule has 0 radical (unpaired) electrons. The van der Waals surface area contributed by atoms with Crippen LogP contribution < -0.4 is 0 Å². The van der Waals surface area contributed by atoms with Gasteiger partial charge in [0.1, 0.15) is 6.61 Å². The molecule has 0 aromatic heterocycles. The number of hydrogen-bond donors (Lipinski definition) is 0. The van der Waals surface area contributed by atoms with Crippen molar-refractivity contribution < 1.29 is 14.3 Å². The van der Waals surface area contributed by atoms with Gasteiger partial charge in [-0.05, 0) is 23.6 Å². The van der Waals surface area contributed by atoms with Gasteiger partial charge in [-0.2, -0.15) is 0 Å². The Hall–Kier alpha value is -1.55. The Morgan fingerprint density at radius 1 is 1.44 bits per heavy atom. The molecule has 0 bridgehead atoms. The predicted molar refractivity (Wildman–Crippen MR) is 58.4 cm³/mol. The van der Waals surface area contributed by atoms with Crippen LogP contribution in [0.1, 0.15) is 5.56 Å². The van der Waals surface area contributed by atoms with E-state index in [-0.39, 0.29) is 12.6 Å². The standard InChI is InChI=1S/C11H10ClNO3/c12-10(14)13-9(7-16-11(13)15)6-8-4-2-1-3-5-8/h1-5,9H,6-7H2/t9-/m0/s1. The summed E-state index contributed by atoms with van der Waals surface area (Å²) in [5, 5.41) is -0.788. The second-order valence-electron chi connectivity index (χ2n) is 3.54. The Balaban J connectivity index is 2.10. The Kier molecular flexibility index (Phi) is 3.10. The van der Waals surface area contributed by atoms with E-state index in [1.54, 1.807) is 0 Å². The maximum absolute atomic E-state index is 11.2. The molecule has 1 saturated heterocycles. The molecule has 2 rings (SSSR count). The number of benzene rings is 1. The molecule has 1 aliphatic rings. The quantitative estimate of drug-likeness (QED) is 0.588. The number of cyclic esters (lactones) is 1. The molecule has 16 heavy (non-hydrogen) atoms. The minimum atomic E-state index is -0.788. The molecular formula is C11H10ClNO3. The minimum absolute atomic E-state index is 0.201. The van der Waals surface area contributed by atoms with Crippen LogP contribution in [0.3, 0.4) is 0 Å².